The normalized spacial score (nSPS) is 14.4. The second-order valence-corrected chi connectivity index (χ2v) is 20.8. The van der Waals surface area contributed by atoms with E-state index in [-0.39, 0.29) is 28.4 Å². The van der Waals surface area contributed by atoms with Gasteiger partial charge >= 0.3 is 0 Å². The molecule has 4 heteroatoms. The van der Waals surface area contributed by atoms with Crippen molar-refractivity contribution in [2.45, 2.75) is 112 Å². The summed E-state index contributed by atoms with van der Waals surface area (Å²) in [5.41, 5.74) is 17.3. The van der Waals surface area contributed by atoms with Crippen molar-refractivity contribution >= 4 is 78.0 Å². The highest BCUT2D eigenvalue weighted by Gasteiger charge is 2.45. The number of fused-ring (bicyclic) bond motifs is 6. The molecule has 0 saturated heterocycles. The minimum atomic E-state index is 0.0121. The van der Waals surface area contributed by atoms with Gasteiger partial charge < -0.3 is 9.80 Å². The lowest BCUT2D eigenvalue weighted by atomic mass is 9.33. The van der Waals surface area contributed by atoms with Crippen molar-refractivity contribution in [2.75, 3.05) is 9.80 Å². The van der Waals surface area contributed by atoms with Crippen molar-refractivity contribution in [3.05, 3.63) is 125 Å². The predicted octanol–water partition coefficient (Wildman–Crippen LogP) is 12.5. The molecule has 0 bridgehead atoms. The van der Waals surface area contributed by atoms with Crippen molar-refractivity contribution in [3.8, 4) is 0 Å². The van der Waals surface area contributed by atoms with Gasteiger partial charge in [0.1, 0.15) is 0 Å². The third-order valence-electron chi connectivity index (χ3n) is 11.5. The molecular weight excluding hydrogens is 659 g/mol. The maximum absolute atomic E-state index is 2.59. The number of benzene rings is 5. The molecule has 2 aliphatic rings. The first-order chi connectivity index (χ1) is 24.7. The van der Waals surface area contributed by atoms with E-state index in [4.69, 9.17) is 0 Å². The molecule has 3 heterocycles. The van der Waals surface area contributed by atoms with E-state index in [0.29, 0.717) is 0 Å². The van der Waals surface area contributed by atoms with Gasteiger partial charge in [0, 0.05) is 33.1 Å². The predicted molar refractivity (Wildman–Crippen MR) is 235 cm³/mol. The molecule has 0 saturated carbocycles. The van der Waals surface area contributed by atoms with E-state index in [0.717, 1.165) is 0 Å². The highest BCUT2D eigenvalue weighted by atomic mass is 32.1. The lowest BCUT2D eigenvalue weighted by molar-refractivity contribution is 0.590. The second kappa shape index (κ2) is 11.9. The molecule has 1 aromatic heterocycles. The number of hydrogen-bond donors (Lipinski definition) is 0. The van der Waals surface area contributed by atoms with Crippen LogP contribution in [-0.2, 0) is 21.7 Å². The Labute approximate surface area is 323 Å². The zero-order valence-corrected chi connectivity index (χ0v) is 34.9. The van der Waals surface area contributed by atoms with Crippen LogP contribution in [0, 0.1) is 6.92 Å². The second-order valence-electron chi connectivity index (χ2n) is 19.7. The summed E-state index contributed by atoms with van der Waals surface area (Å²) in [6.45, 7) is 30.2. The minimum absolute atomic E-state index is 0.0121. The molecule has 0 radical (unpaired) electrons. The van der Waals surface area contributed by atoms with Crippen molar-refractivity contribution in [1.82, 2.24) is 0 Å². The number of hydrogen-bond acceptors (Lipinski definition) is 3. The number of anilines is 6. The third kappa shape index (κ3) is 5.93. The monoisotopic (exact) mass is 714 g/mol. The van der Waals surface area contributed by atoms with E-state index in [2.05, 4.69) is 197 Å². The fourth-order valence-electron chi connectivity index (χ4n) is 8.34. The van der Waals surface area contributed by atoms with Crippen LogP contribution in [0.25, 0.3) is 10.1 Å². The first-order valence-corrected chi connectivity index (χ1v) is 20.2. The Morgan fingerprint density at radius 2 is 1.02 bits per heavy atom. The Morgan fingerprint density at radius 1 is 0.472 bits per heavy atom. The van der Waals surface area contributed by atoms with Crippen LogP contribution >= 0.6 is 11.3 Å². The molecule has 8 rings (SSSR count). The fraction of sp³-hybridized carbons (Fsp3) is 0.347. The summed E-state index contributed by atoms with van der Waals surface area (Å²) in [6.07, 6.45) is 0. The maximum atomic E-state index is 2.59. The molecule has 0 unspecified atom stereocenters. The summed E-state index contributed by atoms with van der Waals surface area (Å²) >= 11 is 1.96. The quantitative estimate of drug-likeness (QED) is 0.165. The molecule has 0 atom stereocenters. The molecule has 0 aliphatic carbocycles. The van der Waals surface area contributed by atoms with Crippen LogP contribution in [-0.4, -0.2) is 6.71 Å². The van der Waals surface area contributed by atoms with E-state index < -0.39 is 0 Å². The highest BCUT2D eigenvalue weighted by Crippen LogP contribution is 2.49. The van der Waals surface area contributed by atoms with E-state index >= 15 is 0 Å². The molecular formula is C49H55BN2S. The smallest absolute Gasteiger partial charge is 0.254 e. The van der Waals surface area contributed by atoms with Crippen LogP contribution in [0.3, 0.4) is 0 Å². The fourth-order valence-corrected chi connectivity index (χ4v) is 9.65. The Hall–Kier alpha value is -4.28. The minimum Gasteiger partial charge on any atom is -0.311 e. The van der Waals surface area contributed by atoms with E-state index in [9.17, 15) is 0 Å². The molecule has 5 aromatic carbocycles. The van der Waals surface area contributed by atoms with Gasteiger partial charge in [-0.05, 0) is 127 Å². The molecule has 6 aromatic rings. The maximum Gasteiger partial charge on any atom is 0.254 e. The number of rotatable bonds is 2. The third-order valence-corrected chi connectivity index (χ3v) is 12.7. The molecule has 53 heavy (non-hydrogen) atoms. The molecule has 2 nitrogen and oxygen atoms in total. The Balaban J connectivity index is 1.48. The zero-order valence-electron chi connectivity index (χ0n) is 34.1. The summed E-state index contributed by atoms with van der Waals surface area (Å²) < 4.78 is 1.36. The summed E-state index contributed by atoms with van der Waals surface area (Å²) in [5.74, 6) is 0. The van der Waals surface area contributed by atoms with E-state index in [1.165, 1.54) is 87.7 Å². The van der Waals surface area contributed by atoms with E-state index in [1.54, 1.807) is 0 Å². The van der Waals surface area contributed by atoms with Crippen molar-refractivity contribution in [2.24, 2.45) is 0 Å². The molecule has 0 amide bonds. The SMILES string of the molecule is Cc1cc2c3c(c1)N(c1ccc(C(C)(C)C)cc1)c1sc4cc(C(C)(C)C)ccc4c1B3c1ccc(C(C)(C)C)cc1N2c1cccc(C(C)(C)C)c1. The van der Waals surface area contributed by atoms with Crippen LogP contribution in [0.4, 0.5) is 33.4 Å². The van der Waals surface area contributed by atoms with Gasteiger partial charge in [0.05, 0.1) is 5.00 Å². The molecule has 0 N–H and O–H groups in total. The highest BCUT2D eigenvalue weighted by molar-refractivity contribution is 7.26. The summed E-state index contributed by atoms with van der Waals surface area (Å²) in [6, 6.07) is 38.1. The van der Waals surface area contributed by atoms with Gasteiger partial charge in [0.2, 0.25) is 0 Å². The average Bonchev–Trinajstić information content (AvgIpc) is 3.44. The van der Waals surface area contributed by atoms with Gasteiger partial charge in [0.25, 0.3) is 6.71 Å². The first kappa shape index (κ1) is 35.7. The molecule has 2 aliphatic heterocycles. The topological polar surface area (TPSA) is 6.48 Å². The summed E-state index contributed by atoms with van der Waals surface area (Å²) in [4.78, 5) is 5.17. The standard InChI is InChI=1S/C49H55BN2S/c1-30-25-40-44-41(26-30)52(35-21-17-31(18-22-35)46(2,3)4)45-43(37-23-19-34(49(11,12)13)29-42(37)53-45)50(44)38-24-20-33(48(8,9)10)28-39(38)51(40)36-16-14-15-32(27-36)47(5,6)7/h14-29H,1-13H3. The molecule has 0 spiro atoms. The number of nitrogens with zero attached hydrogens (tertiary/aromatic N) is 2. The number of thiophene rings is 1. The lowest BCUT2D eigenvalue weighted by Gasteiger charge is -2.44. The number of aryl methyl sites for hydroxylation is 1. The Kier molecular flexibility index (Phi) is 8.00. The van der Waals surface area contributed by atoms with Crippen molar-refractivity contribution in [1.29, 1.82) is 0 Å². The first-order valence-electron chi connectivity index (χ1n) is 19.4. The Morgan fingerprint density at radius 3 is 1.64 bits per heavy atom. The van der Waals surface area contributed by atoms with E-state index in [1.807, 2.05) is 11.3 Å². The van der Waals surface area contributed by atoms with Crippen LogP contribution < -0.4 is 26.2 Å². The van der Waals surface area contributed by atoms with Crippen LogP contribution in [0.1, 0.15) is 111 Å². The van der Waals surface area contributed by atoms with Gasteiger partial charge in [-0.3, -0.25) is 0 Å². The van der Waals surface area contributed by atoms with Crippen LogP contribution in [0.5, 0.6) is 0 Å². The molecule has 270 valence electrons. The lowest BCUT2D eigenvalue weighted by Crippen LogP contribution is -2.61. The van der Waals surface area contributed by atoms with Crippen molar-refractivity contribution < 1.29 is 0 Å². The largest absolute Gasteiger partial charge is 0.311 e. The van der Waals surface area contributed by atoms with Gasteiger partial charge in [-0.15, -0.1) is 11.3 Å². The van der Waals surface area contributed by atoms with Gasteiger partial charge in [-0.2, -0.15) is 0 Å². The summed E-state index contributed by atoms with van der Waals surface area (Å²) in [5, 5.41) is 2.70. The van der Waals surface area contributed by atoms with Gasteiger partial charge in [-0.25, -0.2) is 0 Å². The van der Waals surface area contributed by atoms with Gasteiger partial charge in [-0.1, -0.05) is 132 Å². The van der Waals surface area contributed by atoms with Gasteiger partial charge in [0.15, 0.2) is 0 Å². The summed E-state index contributed by atoms with van der Waals surface area (Å²) in [7, 11) is 0. The van der Waals surface area contributed by atoms with Crippen molar-refractivity contribution in [3.63, 3.8) is 0 Å². The molecule has 0 fully saturated rings. The van der Waals surface area contributed by atoms with Crippen LogP contribution in [0.2, 0.25) is 0 Å². The zero-order chi connectivity index (χ0) is 38.0. The average molecular weight is 715 g/mol. The van der Waals surface area contributed by atoms with Crippen LogP contribution in [0.15, 0.2) is 97.1 Å². The Bertz CT molecular complexity index is 2400.